The number of carbonyl (C=O) groups is 3. The van der Waals surface area contributed by atoms with Crippen LogP contribution in [0, 0.1) is 12.3 Å². The fraction of sp³-hybridized carbons (Fsp3) is 0.452. The van der Waals surface area contributed by atoms with Gasteiger partial charge in [-0.2, -0.15) is 0 Å². The lowest BCUT2D eigenvalue weighted by atomic mass is 9.87. The average Bonchev–Trinajstić information content (AvgIpc) is 3.32. The van der Waals surface area contributed by atoms with Gasteiger partial charge in [0, 0.05) is 43.3 Å². The summed E-state index contributed by atoms with van der Waals surface area (Å²) >= 11 is 0. The van der Waals surface area contributed by atoms with Crippen molar-refractivity contribution >= 4 is 29.2 Å². The summed E-state index contributed by atoms with van der Waals surface area (Å²) in [5.41, 5.74) is 3.84. The van der Waals surface area contributed by atoms with Crippen LogP contribution in [0.3, 0.4) is 0 Å². The molecular weight excluding hydrogens is 504 g/mol. The normalized spacial score (nSPS) is 18.8. The highest BCUT2D eigenvalue weighted by atomic mass is 16.2. The fourth-order valence-electron chi connectivity index (χ4n) is 4.98. The molecule has 2 aliphatic heterocycles. The van der Waals surface area contributed by atoms with E-state index in [4.69, 9.17) is 4.99 Å². The maximum absolute atomic E-state index is 13.8. The van der Waals surface area contributed by atoms with Crippen molar-refractivity contribution in [3.05, 3.63) is 59.6 Å². The molecule has 9 heteroatoms. The van der Waals surface area contributed by atoms with Gasteiger partial charge in [0.25, 0.3) is 5.91 Å². The van der Waals surface area contributed by atoms with Crippen LogP contribution in [0.5, 0.6) is 0 Å². The molecule has 212 valence electrons. The van der Waals surface area contributed by atoms with Gasteiger partial charge >= 0.3 is 6.03 Å². The van der Waals surface area contributed by atoms with Crippen molar-refractivity contribution in [3.63, 3.8) is 0 Å². The number of hydrogen-bond donors (Lipinski definition) is 2. The van der Waals surface area contributed by atoms with Gasteiger partial charge in [-0.1, -0.05) is 39.8 Å². The molecule has 4 amide bonds. The first-order chi connectivity index (χ1) is 18.7. The van der Waals surface area contributed by atoms with Gasteiger partial charge in [0.1, 0.15) is 11.3 Å². The Morgan fingerprint density at radius 1 is 1.10 bits per heavy atom. The van der Waals surface area contributed by atoms with E-state index < -0.39 is 11.6 Å². The Labute approximate surface area is 236 Å². The quantitative estimate of drug-likeness (QED) is 0.575. The maximum Gasteiger partial charge on any atom is 0.323 e. The van der Waals surface area contributed by atoms with E-state index in [-0.39, 0.29) is 29.0 Å². The van der Waals surface area contributed by atoms with Crippen LogP contribution in [0.1, 0.15) is 52.8 Å². The molecule has 0 radical (unpaired) electrons. The molecule has 2 aromatic rings. The number of nitrogens with one attached hydrogen (secondary N) is 2. The topological polar surface area (TPSA) is 107 Å². The van der Waals surface area contributed by atoms with Gasteiger partial charge in [0.05, 0.1) is 11.7 Å². The minimum absolute atomic E-state index is 0.135. The molecule has 4 rings (SSSR count). The molecule has 40 heavy (non-hydrogen) atoms. The number of aliphatic imine (C=N–C) groups is 1. The molecule has 2 aliphatic rings. The summed E-state index contributed by atoms with van der Waals surface area (Å²) in [4.78, 5) is 52.2. The summed E-state index contributed by atoms with van der Waals surface area (Å²) < 4.78 is 0. The van der Waals surface area contributed by atoms with Crippen LogP contribution in [-0.2, 0) is 16.0 Å². The number of pyridine rings is 1. The van der Waals surface area contributed by atoms with Gasteiger partial charge in [-0.25, -0.2) is 4.79 Å². The molecule has 0 aliphatic carbocycles. The summed E-state index contributed by atoms with van der Waals surface area (Å²) in [6.45, 7) is 14.5. The van der Waals surface area contributed by atoms with Crippen LogP contribution in [0.15, 0.2) is 53.3 Å². The van der Waals surface area contributed by atoms with Crippen molar-refractivity contribution in [2.75, 3.05) is 25.5 Å². The number of urea groups is 1. The SMILES string of the molecule is CCc1ccc(-c2cc(NC(=O)NC3=CC(C(C)(C)C)N=C3C(=O)N3CCN(C)C(=O)C3(C)C)ccc2C)cn1. The van der Waals surface area contributed by atoms with Crippen LogP contribution in [0.4, 0.5) is 10.5 Å². The number of rotatable bonds is 5. The molecule has 3 heterocycles. The molecule has 1 aromatic carbocycles. The summed E-state index contributed by atoms with van der Waals surface area (Å²) in [6.07, 6.45) is 4.53. The standard InChI is InChI=1S/C31H40N6O3/c1-9-21-13-11-20(18-32-21)23-16-22(12-10-19(23)2)33-29(40)34-24-17-25(30(3,4)5)35-26(24)27(38)37-15-14-36(8)28(39)31(37,6)7/h10-13,16-18,25H,9,14-15H2,1-8H3,(H2,33,34,40). The van der Waals surface area contributed by atoms with Gasteiger partial charge in [0.2, 0.25) is 5.91 Å². The van der Waals surface area contributed by atoms with Gasteiger partial charge < -0.3 is 20.4 Å². The molecular formula is C31H40N6O3. The van der Waals surface area contributed by atoms with Crippen LogP contribution in [0.2, 0.25) is 0 Å². The van der Waals surface area contributed by atoms with E-state index in [0.717, 1.165) is 28.8 Å². The first kappa shape index (κ1) is 29.0. The zero-order valence-corrected chi connectivity index (χ0v) is 24.8. The van der Waals surface area contributed by atoms with E-state index >= 15 is 0 Å². The summed E-state index contributed by atoms with van der Waals surface area (Å²) in [5, 5.41) is 5.76. The number of aromatic nitrogens is 1. The molecule has 0 saturated carbocycles. The lowest BCUT2D eigenvalue weighted by Gasteiger charge is -2.44. The second-order valence-corrected chi connectivity index (χ2v) is 12.1. The number of amides is 4. The van der Waals surface area contributed by atoms with Crippen molar-refractivity contribution in [1.82, 2.24) is 20.1 Å². The largest absolute Gasteiger partial charge is 0.342 e. The van der Waals surface area contributed by atoms with Gasteiger partial charge in [0.15, 0.2) is 0 Å². The van der Waals surface area contributed by atoms with E-state index in [1.807, 2.05) is 70.3 Å². The molecule has 1 fully saturated rings. The third-order valence-corrected chi connectivity index (χ3v) is 7.63. The number of aryl methyl sites for hydroxylation is 2. The van der Waals surface area contributed by atoms with Gasteiger partial charge in [-0.05, 0) is 68.0 Å². The predicted molar refractivity (Wildman–Crippen MR) is 158 cm³/mol. The van der Waals surface area contributed by atoms with Crippen molar-refractivity contribution in [2.24, 2.45) is 10.4 Å². The van der Waals surface area contributed by atoms with Crippen LogP contribution >= 0.6 is 0 Å². The van der Waals surface area contributed by atoms with Gasteiger partial charge in [-0.3, -0.25) is 19.6 Å². The molecule has 1 atom stereocenters. The fourth-order valence-corrected chi connectivity index (χ4v) is 4.98. The Balaban J connectivity index is 1.56. The van der Waals surface area contributed by atoms with Crippen molar-refractivity contribution in [1.29, 1.82) is 0 Å². The number of piperazine rings is 1. The molecule has 0 bridgehead atoms. The molecule has 9 nitrogen and oxygen atoms in total. The monoisotopic (exact) mass is 544 g/mol. The van der Waals surface area contributed by atoms with Crippen LogP contribution in [-0.4, -0.2) is 70.1 Å². The third kappa shape index (κ3) is 5.78. The van der Waals surface area contributed by atoms with Gasteiger partial charge in [-0.15, -0.1) is 0 Å². The maximum atomic E-state index is 13.8. The molecule has 1 saturated heterocycles. The van der Waals surface area contributed by atoms with E-state index in [2.05, 4.69) is 22.5 Å². The smallest absolute Gasteiger partial charge is 0.323 e. The van der Waals surface area contributed by atoms with E-state index in [1.54, 1.807) is 30.7 Å². The summed E-state index contributed by atoms with van der Waals surface area (Å²) in [5.74, 6) is -0.505. The highest BCUT2D eigenvalue weighted by Gasteiger charge is 2.45. The van der Waals surface area contributed by atoms with Crippen molar-refractivity contribution in [3.8, 4) is 11.1 Å². The van der Waals surface area contributed by atoms with Crippen molar-refractivity contribution in [2.45, 2.75) is 66.5 Å². The van der Waals surface area contributed by atoms with E-state index in [0.29, 0.717) is 24.5 Å². The highest BCUT2D eigenvalue weighted by Crippen LogP contribution is 2.31. The Morgan fingerprint density at radius 3 is 2.45 bits per heavy atom. The first-order valence-electron chi connectivity index (χ1n) is 13.7. The highest BCUT2D eigenvalue weighted by molar-refractivity contribution is 6.46. The number of hydrogen-bond acceptors (Lipinski definition) is 5. The van der Waals surface area contributed by atoms with Crippen LogP contribution in [0.25, 0.3) is 11.1 Å². The number of carbonyl (C=O) groups excluding carboxylic acids is 3. The zero-order chi connectivity index (χ0) is 29.4. The minimum Gasteiger partial charge on any atom is -0.342 e. The van der Waals surface area contributed by atoms with Crippen molar-refractivity contribution < 1.29 is 14.4 Å². The Kier molecular flexibility index (Phi) is 7.87. The number of benzene rings is 1. The molecule has 0 spiro atoms. The molecule has 2 N–H and O–H groups in total. The summed E-state index contributed by atoms with van der Waals surface area (Å²) in [6, 6.07) is 8.95. The summed E-state index contributed by atoms with van der Waals surface area (Å²) in [7, 11) is 1.74. The Morgan fingerprint density at radius 2 is 1.82 bits per heavy atom. The molecule has 1 unspecified atom stereocenters. The minimum atomic E-state index is -1.03. The average molecular weight is 545 g/mol. The van der Waals surface area contributed by atoms with E-state index in [1.165, 1.54) is 0 Å². The number of likely N-dealkylation sites (N-methyl/N-ethyl adjacent to an activating group) is 1. The van der Waals surface area contributed by atoms with E-state index in [9.17, 15) is 14.4 Å². The second kappa shape index (κ2) is 10.9. The zero-order valence-electron chi connectivity index (χ0n) is 24.8. The number of anilines is 1. The number of nitrogens with zero attached hydrogens (tertiary/aromatic N) is 4. The third-order valence-electron chi connectivity index (χ3n) is 7.63. The Hall–Kier alpha value is -4.01. The lowest BCUT2D eigenvalue weighted by molar-refractivity contribution is -0.154. The molecule has 1 aromatic heterocycles. The second-order valence-electron chi connectivity index (χ2n) is 12.1. The Bertz CT molecular complexity index is 1380. The lowest BCUT2D eigenvalue weighted by Crippen LogP contribution is -2.64. The predicted octanol–water partition coefficient (Wildman–Crippen LogP) is 4.57. The van der Waals surface area contributed by atoms with Crippen LogP contribution < -0.4 is 10.6 Å². The first-order valence-corrected chi connectivity index (χ1v) is 13.7.